The first-order valence-electron chi connectivity index (χ1n) is 8.27. The van der Waals surface area contributed by atoms with E-state index < -0.39 is 0 Å². The molecular formula is C16H27IN4. The molecule has 0 aliphatic heterocycles. The number of nitrogens with one attached hydrogen (secondary N) is 1. The Kier molecular flexibility index (Phi) is 6.51. The Morgan fingerprint density at radius 2 is 1.81 bits per heavy atom. The zero-order valence-corrected chi connectivity index (χ0v) is 15.6. The first-order chi connectivity index (χ1) is 10.2. The molecule has 0 amide bonds. The number of hydrogen-bond acceptors (Lipinski definition) is 4. The fourth-order valence-corrected chi connectivity index (χ4v) is 3.80. The molecule has 0 spiro atoms. The topological polar surface area (TPSA) is 41.1 Å². The minimum atomic E-state index is 0.622. The monoisotopic (exact) mass is 402 g/mol. The van der Waals surface area contributed by atoms with Gasteiger partial charge in [0, 0.05) is 25.6 Å². The van der Waals surface area contributed by atoms with Gasteiger partial charge in [0.2, 0.25) is 5.95 Å². The molecule has 1 aliphatic rings. The van der Waals surface area contributed by atoms with Crippen LogP contribution in [0.25, 0.3) is 0 Å². The molecule has 1 aliphatic carbocycles. The first-order valence-corrected chi connectivity index (χ1v) is 9.35. The van der Waals surface area contributed by atoms with Crippen LogP contribution in [0, 0.1) is 3.57 Å². The van der Waals surface area contributed by atoms with Gasteiger partial charge in [-0.05, 0) is 55.7 Å². The number of anilines is 2. The van der Waals surface area contributed by atoms with Gasteiger partial charge in [-0.3, -0.25) is 0 Å². The van der Waals surface area contributed by atoms with Crippen LogP contribution >= 0.6 is 22.6 Å². The van der Waals surface area contributed by atoms with Crippen molar-refractivity contribution in [2.45, 2.75) is 58.8 Å². The van der Waals surface area contributed by atoms with Crippen LogP contribution in [0.15, 0.2) is 0 Å². The van der Waals surface area contributed by atoms with Gasteiger partial charge in [0.05, 0.1) is 9.26 Å². The molecule has 1 saturated carbocycles. The molecule has 1 aromatic rings. The van der Waals surface area contributed by atoms with Crippen molar-refractivity contribution in [3.63, 3.8) is 0 Å². The molecule has 0 saturated heterocycles. The van der Waals surface area contributed by atoms with Gasteiger partial charge in [0.15, 0.2) is 0 Å². The Morgan fingerprint density at radius 1 is 1.14 bits per heavy atom. The lowest BCUT2D eigenvalue weighted by atomic mass is 10.0. The van der Waals surface area contributed by atoms with Crippen molar-refractivity contribution >= 4 is 34.4 Å². The van der Waals surface area contributed by atoms with Crippen LogP contribution < -0.4 is 10.2 Å². The van der Waals surface area contributed by atoms with Crippen molar-refractivity contribution in [3.8, 4) is 0 Å². The van der Waals surface area contributed by atoms with E-state index in [1.165, 1.54) is 34.9 Å². The predicted molar refractivity (Wildman–Crippen MR) is 98.3 cm³/mol. The maximum atomic E-state index is 4.93. The summed E-state index contributed by atoms with van der Waals surface area (Å²) in [7, 11) is 0. The van der Waals surface area contributed by atoms with Crippen molar-refractivity contribution in [1.82, 2.24) is 9.97 Å². The lowest BCUT2D eigenvalue weighted by Gasteiger charge is -2.23. The van der Waals surface area contributed by atoms with Crippen molar-refractivity contribution in [2.24, 2.45) is 0 Å². The maximum absolute atomic E-state index is 4.93. The lowest BCUT2D eigenvalue weighted by molar-refractivity contribution is 0.682. The molecule has 1 aromatic heterocycles. The Labute approximate surface area is 142 Å². The van der Waals surface area contributed by atoms with Crippen molar-refractivity contribution in [2.75, 3.05) is 29.9 Å². The Balaban J connectivity index is 2.38. The van der Waals surface area contributed by atoms with E-state index in [1.807, 2.05) is 0 Å². The van der Waals surface area contributed by atoms with Crippen LogP contribution in [-0.4, -0.2) is 29.6 Å². The number of halogens is 1. The van der Waals surface area contributed by atoms with Gasteiger partial charge in [-0.2, -0.15) is 4.98 Å². The van der Waals surface area contributed by atoms with E-state index in [0.717, 1.165) is 37.8 Å². The molecule has 1 N–H and O–H groups in total. The maximum Gasteiger partial charge on any atom is 0.227 e. The quantitative estimate of drug-likeness (QED) is 0.687. The fourth-order valence-electron chi connectivity index (χ4n) is 2.93. The fraction of sp³-hybridized carbons (Fsp3) is 0.750. The van der Waals surface area contributed by atoms with Gasteiger partial charge in [0.25, 0.3) is 0 Å². The van der Waals surface area contributed by atoms with Gasteiger partial charge in [-0.15, -0.1) is 0 Å². The SMILES string of the molecule is CCCNc1nc(N(CC)CC)nc(C2CCCC2)c1I. The minimum Gasteiger partial charge on any atom is -0.369 e. The highest BCUT2D eigenvalue weighted by molar-refractivity contribution is 14.1. The number of aromatic nitrogens is 2. The molecule has 0 bridgehead atoms. The van der Waals surface area contributed by atoms with E-state index in [0.29, 0.717) is 5.92 Å². The average Bonchev–Trinajstić information content (AvgIpc) is 3.02. The standard InChI is InChI=1S/C16H27IN4/c1-4-11-18-15-13(17)14(12-9-7-8-10-12)19-16(20-15)21(5-2)6-3/h12H,4-11H2,1-3H3,(H,18,19,20). The molecule has 1 fully saturated rings. The van der Waals surface area contributed by atoms with Crippen LogP contribution in [0.5, 0.6) is 0 Å². The molecule has 0 aromatic carbocycles. The summed E-state index contributed by atoms with van der Waals surface area (Å²) in [4.78, 5) is 12.0. The van der Waals surface area contributed by atoms with Crippen molar-refractivity contribution < 1.29 is 0 Å². The first kappa shape index (κ1) is 16.8. The van der Waals surface area contributed by atoms with Gasteiger partial charge in [-0.25, -0.2) is 4.98 Å². The van der Waals surface area contributed by atoms with E-state index >= 15 is 0 Å². The van der Waals surface area contributed by atoms with Crippen molar-refractivity contribution in [3.05, 3.63) is 9.26 Å². The van der Waals surface area contributed by atoms with Crippen LogP contribution in [-0.2, 0) is 0 Å². The number of rotatable bonds is 7. The largest absolute Gasteiger partial charge is 0.369 e. The van der Waals surface area contributed by atoms with Gasteiger partial charge in [0.1, 0.15) is 5.82 Å². The van der Waals surface area contributed by atoms with Crippen molar-refractivity contribution in [1.29, 1.82) is 0 Å². The van der Waals surface area contributed by atoms with Crippen LogP contribution in [0.4, 0.5) is 11.8 Å². The summed E-state index contributed by atoms with van der Waals surface area (Å²) < 4.78 is 1.23. The van der Waals surface area contributed by atoms with E-state index in [-0.39, 0.29) is 0 Å². The molecule has 1 heterocycles. The predicted octanol–water partition coefficient (Wildman–Crippen LogP) is 4.41. The summed E-state index contributed by atoms with van der Waals surface area (Å²) in [5.41, 5.74) is 1.27. The minimum absolute atomic E-state index is 0.622. The number of hydrogen-bond donors (Lipinski definition) is 1. The Bertz CT molecular complexity index is 454. The number of nitrogens with zero attached hydrogens (tertiary/aromatic N) is 3. The highest BCUT2D eigenvalue weighted by atomic mass is 127. The third-order valence-corrected chi connectivity index (χ3v) is 5.26. The van der Waals surface area contributed by atoms with Gasteiger partial charge in [-0.1, -0.05) is 19.8 Å². The molecule has 0 radical (unpaired) electrons. The van der Waals surface area contributed by atoms with Crippen LogP contribution in [0.2, 0.25) is 0 Å². The smallest absolute Gasteiger partial charge is 0.227 e. The molecular weight excluding hydrogens is 375 g/mol. The highest BCUT2D eigenvalue weighted by Crippen LogP contribution is 2.37. The third-order valence-electron chi connectivity index (χ3n) is 4.20. The summed E-state index contributed by atoms with van der Waals surface area (Å²) in [6.07, 6.45) is 6.33. The van der Waals surface area contributed by atoms with E-state index in [9.17, 15) is 0 Å². The summed E-state index contributed by atoms with van der Waals surface area (Å²) in [6, 6.07) is 0. The molecule has 0 atom stereocenters. The van der Waals surface area contributed by atoms with E-state index in [4.69, 9.17) is 9.97 Å². The molecule has 21 heavy (non-hydrogen) atoms. The molecule has 0 unspecified atom stereocenters. The molecule has 2 rings (SSSR count). The van der Waals surface area contributed by atoms with Gasteiger partial charge < -0.3 is 10.2 Å². The summed E-state index contributed by atoms with van der Waals surface area (Å²) >= 11 is 2.43. The second-order valence-electron chi connectivity index (χ2n) is 5.65. The second-order valence-corrected chi connectivity index (χ2v) is 6.73. The average molecular weight is 402 g/mol. The zero-order chi connectivity index (χ0) is 15.2. The van der Waals surface area contributed by atoms with Crippen LogP contribution in [0.3, 0.4) is 0 Å². The van der Waals surface area contributed by atoms with E-state index in [1.54, 1.807) is 0 Å². The normalized spacial score (nSPS) is 15.4. The Hall–Kier alpha value is -0.590. The van der Waals surface area contributed by atoms with Gasteiger partial charge >= 0.3 is 0 Å². The molecule has 118 valence electrons. The lowest BCUT2D eigenvalue weighted by Crippen LogP contribution is -2.26. The summed E-state index contributed by atoms with van der Waals surface area (Å²) in [5, 5.41) is 3.48. The third kappa shape index (κ3) is 3.99. The van der Waals surface area contributed by atoms with E-state index in [2.05, 4.69) is 53.6 Å². The summed E-state index contributed by atoms with van der Waals surface area (Å²) in [6.45, 7) is 9.39. The highest BCUT2D eigenvalue weighted by Gasteiger charge is 2.24. The van der Waals surface area contributed by atoms with Crippen LogP contribution in [0.1, 0.15) is 64.5 Å². The molecule has 5 heteroatoms. The second kappa shape index (κ2) is 8.15. The Morgan fingerprint density at radius 3 is 2.38 bits per heavy atom. The zero-order valence-electron chi connectivity index (χ0n) is 13.5. The molecule has 4 nitrogen and oxygen atoms in total. The summed E-state index contributed by atoms with van der Waals surface area (Å²) in [5.74, 6) is 2.54.